The van der Waals surface area contributed by atoms with Crippen LogP contribution < -0.4 is 0 Å². The third-order valence-corrected chi connectivity index (χ3v) is 0.525. The van der Waals surface area contributed by atoms with E-state index in [1.54, 1.807) is 6.08 Å². The zero-order chi connectivity index (χ0) is 4.41. The van der Waals surface area contributed by atoms with Gasteiger partial charge in [0.2, 0.25) is 0 Å². The van der Waals surface area contributed by atoms with Crippen LogP contribution >= 0.6 is 0 Å². The average Bonchev–Trinajstić information content (AvgIpc) is 1.86. The molecule has 1 aliphatic heterocycles. The molecule has 30 valence electrons. The van der Waals surface area contributed by atoms with E-state index < -0.39 is 0 Å². The Balaban J connectivity index is 2.52. The second-order valence-corrected chi connectivity index (χ2v) is 1.00. The van der Waals surface area contributed by atoms with E-state index in [9.17, 15) is 4.79 Å². The van der Waals surface area contributed by atoms with E-state index in [1.807, 2.05) is 0 Å². The summed E-state index contributed by atoms with van der Waals surface area (Å²) in [5.41, 5.74) is 0. The van der Waals surface area contributed by atoms with Crippen LogP contribution in [0, 0.1) is 6.26 Å². The topological polar surface area (TPSA) is 26.3 Å². The Bertz CT molecular complexity index is 83.7. The summed E-state index contributed by atoms with van der Waals surface area (Å²) in [5.74, 6) is -0.213. The van der Waals surface area contributed by atoms with Gasteiger partial charge in [-0.25, -0.2) is 0 Å². The van der Waals surface area contributed by atoms with E-state index >= 15 is 0 Å². The molecule has 1 aliphatic rings. The molecule has 0 atom stereocenters. The molecule has 2 nitrogen and oxygen atoms in total. The van der Waals surface area contributed by atoms with E-state index in [4.69, 9.17) is 0 Å². The summed E-state index contributed by atoms with van der Waals surface area (Å²) in [7, 11) is 0. The molecule has 0 aliphatic carbocycles. The molecule has 2 heteroatoms. The monoisotopic (exact) mass is 83.0 g/mol. The highest BCUT2D eigenvalue weighted by Crippen LogP contribution is 1.95. The van der Waals surface area contributed by atoms with Gasteiger partial charge < -0.3 is 0 Å². The predicted octanol–water partition coefficient (Wildman–Crippen LogP) is 0.250. The number of cyclic esters (lactones) is 1. The Morgan fingerprint density at radius 1 is 2.00 bits per heavy atom. The number of hydrogen-bond donors (Lipinski definition) is 0. The van der Waals surface area contributed by atoms with E-state index in [0.29, 0.717) is 6.42 Å². The van der Waals surface area contributed by atoms with Crippen LogP contribution in [0.15, 0.2) is 6.08 Å². The van der Waals surface area contributed by atoms with Crippen molar-refractivity contribution in [1.82, 2.24) is 0 Å². The lowest BCUT2D eigenvalue weighted by Gasteiger charge is -1.59. The third-order valence-electron chi connectivity index (χ3n) is 0.525. The minimum Gasteiger partial charge on any atom is -0.187 e. The molecule has 0 bridgehead atoms. The van der Waals surface area contributed by atoms with Crippen molar-refractivity contribution in [2.24, 2.45) is 0 Å². The van der Waals surface area contributed by atoms with Crippen LogP contribution in [0.25, 0.3) is 0 Å². The summed E-state index contributed by atoms with van der Waals surface area (Å²) in [6, 6.07) is 0. The van der Waals surface area contributed by atoms with Crippen LogP contribution in [-0.2, 0) is 9.53 Å². The molecule has 0 aromatic rings. The molecule has 0 fully saturated rings. The first-order valence-electron chi connectivity index (χ1n) is 1.66. The number of ether oxygens (including phenoxy) is 1. The standard InChI is InChI=1S/C4H3O2/c5-4-2-1-3-6-4/h1H,2H2/q+1. The molecule has 0 amide bonds. The van der Waals surface area contributed by atoms with Gasteiger partial charge in [0.15, 0.2) is 6.42 Å². The Hall–Kier alpha value is -0.880. The second kappa shape index (κ2) is 1.07. The minimum atomic E-state index is -0.213. The van der Waals surface area contributed by atoms with Gasteiger partial charge in [-0.3, -0.25) is 0 Å². The minimum absolute atomic E-state index is 0.213. The molecule has 1 heterocycles. The fraction of sp³-hybridized carbons (Fsp3) is 0.250. The molecule has 0 radical (unpaired) electrons. The lowest BCUT2D eigenvalue weighted by atomic mass is 10.5. The molecule has 0 N–H and O–H groups in total. The van der Waals surface area contributed by atoms with Crippen LogP contribution in [0.4, 0.5) is 0 Å². The molecule has 0 saturated carbocycles. The molecule has 0 saturated heterocycles. The fourth-order valence-corrected chi connectivity index (χ4v) is 0.274. The van der Waals surface area contributed by atoms with Gasteiger partial charge in [0, 0.05) is 0 Å². The Morgan fingerprint density at radius 2 is 2.83 bits per heavy atom. The van der Waals surface area contributed by atoms with Crippen molar-refractivity contribution < 1.29 is 9.53 Å². The Morgan fingerprint density at radius 3 is 3.00 bits per heavy atom. The normalized spacial score (nSPS) is 17.0. The van der Waals surface area contributed by atoms with E-state index in [0.717, 1.165) is 0 Å². The SMILES string of the molecule is O=C1CC=[C+]O1. The van der Waals surface area contributed by atoms with Gasteiger partial charge in [-0.15, -0.1) is 4.79 Å². The quantitative estimate of drug-likeness (QED) is 0.310. The van der Waals surface area contributed by atoms with Crippen molar-refractivity contribution in [1.29, 1.82) is 0 Å². The summed E-state index contributed by atoms with van der Waals surface area (Å²) in [6.45, 7) is 0. The summed E-state index contributed by atoms with van der Waals surface area (Å²) in [6.07, 6.45) is 4.24. The number of hydrogen-bond acceptors (Lipinski definition) is 2. The van der Waals surface area contributed by atoms with Crippen molar-refractivity contribution in [3.63, 3.8) is 0 Å². The predicted molar refractivity (Wildman–Crippen MR) is 18.5 cm³/mol. The van der Waals surface area contributed by atoms with Crippen molar-refractivity contribution in [2.45, 2.75) is 6.42 Å². The second-order valence-electron chi connectivity index (χ2n) is 1.00. The van der Waals surface area contributed by atoms with Gasteiger partial charge in [0.1, 0.15) is 6.08 Å². The number of carbonyl (C=O) groups is 1. The lowest BCUT2D eigenvalue weighted by molar-refractivity contribution is -0.136. The van der Waals surface area contributed by atoms with E-state index in [-0.39, 0.29) is 5.97 Å². The Kier molecular flexibility index (Phi) is 0.592. The first kappa shape index (κ1) is 3.32. The molecular formula is C4H3O2+. The molecule has 6 heavy (non-hydrogen) atoms. The van der Waals surface area contributed by atoms with Crippen molar-refractivity contribution >= 4 is 5.97 Å². The van der Waals surface area contributed by atoms with Gasteiger partial charge >= 0.3 is 12.2 Å². The number of esters is 1. The summed E-state index contributed by atoms with van der Waals surface area (Å²) in [4.78, 5) is 9.93. The molecule has 0 unspecified atom stereocenters. The molecule has 0 spiro atoms. The first-order valence-corrected chi connectivity index (χ1v) is 1.66. The van der Waals surface area contributed by atoms with Crippen LogP contribution in [0.3, 0.4) is 0 Å². The molecular weight excluding hydrogens is 80.0 g/mol. The van der Waals surface area contributed by atoms with Crippen molar-refractivity contribution in [3.8, 4) is 0 Å². The van der Waals surface area contributed by atoms with Gasteiger partial charge in [0.25, 0.3) is 0 Å². The largest absolute Gasteiger partial charge is 0.474 e. The smallest absolute Gasteiger partial charge is 0.187 e. The summed E-state index contributed by atoms with van der Waals surface area (Å²) in [5, 5.41) is 0. The van der Waals surface area contributed by atoms with Crippen LogP contribution in [-0.4, -0.2) is 5.97 Å². The van der Waals surface area contributed by atoms with Gasteiger partial charge in [-0.05, 0) is 0 Å². The van der Waals surface area contributed by atoms with Crippen LogP contribution in [0.2, 0.25) is 0 Å². The maximum absolute atomic E-state index is 9.93. The van der Waals surface area contributed by atoms with E-state index in [1.165, 1.54) is 0 Å². The summed E-state index contributed by atoms with van der Waals surface area (Å²) < 4.78 is 4.21. The van der Waals surface area contributed by atoms with Crippen LogP contribution in [0.5, 0.6) is 0 Å². The molecule has 0 aromatic heterocycles. The van der Waals surface area contributed by atoms with Crippen LogP contribution in [0.1, 0.15) is 6.42 Å². The third kappa shape index (κ3) is 0.374. The average molecular weight is 83.1 g/mol. The van der Waals surface area contributed by atoms with E-state index in [2.05, 4.69) is 11.0 Å². The fourth-order valence-electron chi connectivity index (χ4n) is 0.274. The zero-order valence-electron chi connectivity index (χ0n) is 3.10. The maximum Gasteiger partial charge on any atom is 0.474 e. The van der Waals surface area contributed by atoms with Gasteiger partial charge in [0.05, 0.1) is 0 Å². The van der Waals surface area contributed by atoms with Crippen molar-refractivity contribution in [2.75, 3.05) is 0 Å². The Labute approximate surface area is 35.4 Å². The van der Waals surface area contributed by atoms with Crippen molar-refractivity contribution in [3.05, 3.63) is 12.3 Å². The zero-order valence-corrected chi connectivity index (χ0v) is 3.10. The number of carbonyl (C=O) groups excluding carboxylic acids is 1. The maximum atomic E-state index is 9.93. The highest BCUT2D eigenvalue weighted by Gasteiger charge is 2.17. The summed E-state index contributed by atoms with van der Waals surface area (Å²) >= 11 is 0. The van der Waals surface area contributed by atoms with Gasteiger partial charge in [-0.2, -0.15) is 4.74 Å². The molecule has 0 aromatic carbocycles. The highest BCUT2D eigenvalue weighted by atomic mass is 16.5. The highest BCUT2D eigenvalue weighted by molar-refractivity contribution is 5.73. The molecule has 1 rings (SSSR count). The number of rotatable bonds is 0. The first-order chi connectivity index (χ1) is 2.89. The van der Waals surface area contributed by atoms with Gasteiger partial charge in [-0.1, -0.05) is 0 Å². The lowest BCUT2D eigenvalue weighted by Crippen LogP contribution is -1.87.